The summed E-state index contributed by atoms with van der Waals surface area (Å²) in [5.74, 6) is 3.47. The lowest BCUT2D eigenvalue weighted by Crippen LogP contribution is -2.57. The van der Waals surface area contributed by atoms with E-state index in [1.54, 1.807) is 12.1 Å². The van der Waals surface area contributed by atoms with E-state index < -0.39 is 0 Å². The molecule has 2 N–H and O–H groups in total. The van der Waals surface area contributed by atoms with E-state index in [4.69, 9.17) is 9.98 Å². The van der Waals surface area contributed by atoms with Crippen LogP contribution in [0, 0.1) is 29.0 Å². The molecule has 2 bridgehead atoms. The zero-order chi connectivity index (χ0) is 33.6. The number of aromatic nitrogens is 2. The van der Waals surface area contributed by atoms with Crippen LogP contribution in [0.25, 0.3) is 10.9 Å². The molecule has 8 rings (SSSR count). The van der Waals surface area contributed by atoms with Gasteiger partial charge in [-0.15, -0.1) is 0 Å². The maximum atomic E-state index is 14.1. The van der Waals surface area contributed by atoms with E-state index >= 15 is 0 Å². The number of nitrogens with one attached hydrogen (secondary N) is 2. The maximum Gasteiger partial charge on any atom is 0.261 e. The van der Waals surface area contributed by atoms with Gasteiger partial charge < -0.3 is 20.4 Å². The van der Waals surface area contributed by atoms with Crippen LogP contribution in [0.1, 0.15) is 51.9 Å². The number of guanidine groups is 1. The number of piperazine rings is 2. The van der Waals surface area contributed by atoms with Gasteiger partial charge in [-0.3, -0.25) is 14.3 Å². The number of aliphatic imine (C=N–C) groups is 1. The standard InChI is InChI=1S/C38H53FN8O/c1-25-23-46(15-13-40-25)37(43-33-21-28-20-32(26(33)2)38(28,3)4)41-30-10-11-31-34(22-30)42-35(24-45-18-16-44(5)17-19-45)47(36(31)48)14-12-27-6-8-29(39)9-7-27/h6-11,22,25-26,28,32-33,40H,12-21,23-24H2,1-5H3,(H,41,43). The minimum absolute atomic E-state index is 0.0273. The molecule has 2 aromatic carbocycles. The smallest absolute Gasteiger partial charge is 0.261 e. The van der Waals surface area contributed by atoms with Crippen LogP contribution in [0.3, 0.4) is 0 Å². The second kappa shape index (κ2) is 13.5. The van der Waals surface area contributed by atoms with Crippen molar-refractivity contribution in [1.29, 1.82) is 0 Å². The Kier molecular flexibility index (Phi) is 9.34. The van der Waals surface area contributed by atoms with Crippen LogP contribution in [-0.2, 0) is 19.5 Å². The lowest BCUT2D eigenvalue weighted by atomic mass is 9.45. The second-order valence-corrected chi connectivity index (χ2v) is 15.6. The summed E-state index contributed by atoms with van der Waals surface area (Å²) in [6, 6.07) is 13.2. The molecule has 3 aromatic rings. The summed E-state index contributed by atoms with van der Waals surface area (Å²) in [5, 5.41) is 7.91. The number of rotatable bonds is 7. The third kappa shape index (κ3) is 6.76. The summed E-state index contributed by atoms with van der Waals surface area (Å²) in [6.45, 7) is 17.2. The van der Waals surface area contributed by atoms with Crippen LogP contribution in [0.5, 0.6) is 0 Å². The molecule has 5 fully saturated rings. The number of nitrogens with zero attached hydrogens (tertiary/aromatic N) is 6. The van der Waals surface area contributed by atoms with Gasteiger partial charge in [0.2, 0.25) is 0 Å². The Morgan fingerprint density at radius 3 is 2.54 bits per heavy atom. The van der Waals surface area contributed by atoms with Crippen molar-refractivity contribution in [1.82, 2.24) is 29.6 Å². The first kappa shape index (κ1) is 33.2. The molecular weight excluding hydrogens is 603 g/mol. The molecule has 0 amide bonds. The molecule has 10 heteroatoms. The molecule has 3 aliphatic carbocycles. The average Bonchev–Trinajstić information content (AvgIpc) is 3.06. The number of anilines is 1. The highest BCUT2D eigenvalue weighted by Crippen LogP contribution is 2.61. The molecule has 2 aliphatic heterocycles. The van der Waals surface area contributed by atoms with Crippen molar-refractivity contribution >= 4 is 22.5 Å². The number of aryl methyl sites for hydroxylation is 1. The highest BCUT2D eigenvalue weighted by molar-refractivity contribution is 5.96. The lowest BCUT2D eigenvalue weighted by Gasteiger charge is -2.61. The normalized spacial score (nSPS) is 28.0. The predicted octanol–water partition coefficient (Wildman–Crippen LogP) is 4.66. The van der Waals surface area contributed by atoms with E-state index in [1.807, 2.05) is 22.8 Å². The van der Waals surface area contributed by atoms with E-state index in [0.29, 0.717) is 53.8 Å². The predicted molar refractivity (Wildman–Crippen MR) is 192 cm³/mol. The Labute approximate surface area is 284 Å². The summed E-state index contributed by atoms with van der Waals surface area (Å²) < 4.78 is 15.4. The number of hydrogen-bond donors (Lipinski definition) is 2. The summed E-state index contributed by atoms with van der Waals surface area (Å²) in [6.07, 6.45) is 3.11. The summed E-state index contributed by atoms with van der Waals surface area (Å²) in [4.78, 5) is 31.9. The fourth-order valence-corrected chi connectivity index (χ4v) is 8.69. The minimum Gasteiger partial charge on any atom is -0.340 e. The Hall–Kier alpha value is -3.34. The fourth-order valence-electron chi connectivity index (χ4n) is 8.69. The van der Waals surface area contributed by atoms with Gasteiger partial charge in [-0.2, -0.15) is 0 Å². The monoisotopic (exact) mass is 656 g/mol. The quantitative estimate of drug-likeness (QED) is 0.283. The zero-order valence-electron chi connectivity index (χ0n) is 29.4. The van der Waals surface area contributed by atoms with Crippen molar-refractivity contribution in [2.75, 3.05) is 58.2 Å². The molecule has 0 spiro atoms. The van der Waals surface area contributed by atoms with E-state index in [9.17, 15) is 9.18 Å². The summed E-state index contributed by atoms with van der Waals surface area (Å²) in [5.41, 5.74) is 2.99. The Morgan fingerprint density at radius 2 is 1.83 bits per heavy atom. The average molecular weight is 657 g/mol. The van der Waals surface area contributed by atoms with Crippen molar-refractivity contribution in [3.63, 3.8) is 0 Å². The highest BCUT2D eigenvalue weighted by Gasteiger charge is 2.56. The maximum absolute atomic E-state index is 14.1. The Balaban J connectivity index is 1.20. The first-order chi connectivity index (χ1) is 23.0. The van der Waals surface area contributed by atoms with Gasteiger partial charge in [0.15, 0.2) is 5.96 Å². The van der Waals surface area contributed by atoms with Crippen molar-refractivity contribution < 1.29 is 4.39 Å². The van der Waals surface area contributed by atoms with Crippen molar-refractivity contribution in [3.05, 3.63) is 70.0 Å². The van der Waals surface area contributed by atoms with Crippen molar-refractivity contribution in [2.24, 2.45) is 28.2 Å². The first-order valence-corrected chi connectivity index (χ1v) is 18.1. The van der Waals surface area contributed by atoms with E-state index in [2.05, 4.69) is 60.1 Å². The molecule has 0 radical (unpaired) electrons. The summed E-state index contributed by atoms with van der Waals surface area (Å²) >= 11 is 0. The largest absolute Gasteiger partial charge is 0.340 e. The molecule has 5 unspecified atom stereocenters. The highest BCUT2D eigenvalue weighted by atomic mass is 19.1. The van der Waals surface area contributed by atoms with Crippen LogP contribution in [0.15, 0.2) is 52.3 Å². The van der Waals surface area contributed by atoms with Gasteiger partial charge in [0, 0.05) is 64.1 Å². The number of fused-ring (bicyclic) bond motifs is 3. The molecular formula is C38H53FN8O. The molecule has 1 aromatic heterocycles. The van der Waals surface area contributed by atoms with E-state index in [-0.39, 0.29) is 11.4 Å². The van der Waals surface area contributed by atoms with E-state index in [0.717, 1.165) is 87.1 Å². The molecule has 258 valence electrons. The topological polar surface area (TPSA) is 81.0 Å². The molecule has 2 saturated heterocycles. The van der Waals surface area contributed by atoms with Gasteiger partial charge in [0.1, 0.15) is 11.6 Å². The molecule has 48 heavy (non-hydrogen) atoms. The summed E-state index contributed by atoms with van der Waals surface area (Å²) in [7, 11) is 2.15. The van der Waals surface area contributed by atoms with Gasteiger partial charge in [-0.05, 0) is 92.3 Å². The second-order valence-electron chi connectivity index (χ2n) is 15.6. The number of benzene rings is 2. The minimum atomic E-state index is -0.253. The van der Waals surface area contributed by atoms with Crippen LogP contribution >= 0.6 is 0 Å². The number of halogens is 1. The Bertz CT molecular complexity index is 1700. The molecule has 5 aliphatic rings. The van der Waals surface area contributed by atoms with Gasteiger partial charge in [0.05, 0.1) is 23.5 Å². The Morgan fingerprint density at radius 1 is 1.06 bits per heavy atom. The fraction of sp³-hybridized carbons (Fsp3) is 0.605. The van der Waals surface area contributed by atoms with Crippen LogP contribution in [0.4, 0.5) is 10.1 Å². The van der Waals surface area contributed by atoms with E-state index in [1.165, 1.54) is 18.6 Å². The van der Waals surface area contributed by atoms with Gasteiger partial charge in [-0.1, -0.05) is 32.9 Å². The van der Waals surface area contributed by atoms with Crippen LogP contribution in [0.2, 0.25) is 0 Å². The van der Waals surface area contributed by atoms with Crippen LogP contribution in [-0.4, -0.2) is 95.2 Å². The SMILES string of the molecule is CC1CN(C(=NC2CC3CC(C2C)C3(C)C)Nc2ccc3c(=O)n(CCc4ccc(F)cc4)c(CN4CCN(C)CC4)nc3c2)CCN1. The third-order valence-electron chi connectivity index (χ3n) is 12.1. The van der Waals surface area contributed by atoms with Crippen molar-refractivity contribution in [3.8, 4) is 0 Å². The third-order valence-corrected chi connectivity index (χ3v) is 12.1. The van der Waals surface area contributed by atoms with Gasteiger partial charge in [0.25, 0.3) is 5.56 Å². The van der Waals surface area contributed by atoms with Gasteiger partial charge in [-0.25, -0.2) is 14.4 Å². The number of likely N-dealkylation sites (N-methyl/N-ethyl adjacent to an activating group) is 1. The number of hydrogen-bond acceptors (Lipinski definition) is 6. The molecule has 3 saturated carbocycles. The zero-order valence-corrected chi connectivity index (χ0v) is 29.4. The van der Waals surface area contributed by atoms with Gasteiger partial charge >= 0.3 is 0 Å². The first-order valence-electron chi connectivity index (χ1n) is 18.1. The molecule has 3 heterocycles. The molecule has 9 nitrogen and oxygen atoms in total. The van der Waals surface area contributed by atoms with Crippen molar-refractivity contribution in [2.45, 2.75) is 72.1 Å². The molecule has 5 atom stereocenters. The lowest BCUT2D eigenvalue weighted by molar-refractivity contribution is -0.108. The van der Waals surface area contributed by atoms with Crippen LogP contribution < -0.4 is 16.2 Å².